The molecule has 2 heterocycles. The van der Waals surface area contributed by atoms with Crippen LogP contribution in [0.2, 0.25) is 0 Å². The highest BCUT2D eigenvalue weighted by Gasteiger charge is 2.01. The van der Waals surface area contributed by atoms with E-state index in [0.29, 0.717) is 0 Å². The molecule has 182 valence electrons. The van der Waals surface area contributed by atoms with E-state index in [1.807, 2.05) is 37.9 Å². The maximum absolute atomic E-state index is 4.29. The van der Waals surface area contributed by atoms with Gasteiger partial charge in [0.1, 0.15) is 6.54 Å². The number of benzene rings is 1. The number of aromatic nitrogens is 3. The van der Waals surface area contributed by atoms with Crippen LogP contribution in [-0.2, 0) is 13.1 Å². The van der Waals surface area contributed by atoms with Crippen LogP contribution in [0.4, 0.5) is 5.69 Å². The van der Waals surface area contributed by atoms with Crippen LogP contribution >= 0.6 is 11.8 Å². The lowest BCUT2D eigenvalue weighted by Gasteiger charge is -2.07. The fourth-order valence-corrected chi connectivity index (χ4v) is 4.32. The lowest BCUT2D eigenvalue weighted by atomic mass is 10.1. The lowest BCUT2D eigenvalue weighted by molar-refractivity contribution is -0.697. The maximum atomic E-state index is 4.29. The second-order valence-electron chi connectivity index (χ2n) is 8.12. The molecule has 0 saturated heterocycles. The summed E-state index contributed by atoms with van der Waals surface area (Å²) in [4.78, 5) is 8.36. The largest absolute Gasteiger partial charge is 0.385 e. The Morgan fingerprint density at radius 3 is 2.54 bits per heavy atom. The molecular formula is C29H36N5S+. The van der Waals surface area contributed by atoms with Crippen LogP contribution in [0.25, 0.3) is 12.2 Å². The van der Waals surface area contributed by atoms with Gasteiger partial charge in [-0.25, -0.2) is 9.55 Å². The Labute approximate surface area is 214 Å². The van der Waals surface area contributed by atoms with Gasteiger partial charge in [0, 0.05) is 56.8 Å². The van der Waals surface area contributed by atoms with Gasteiger partial charge in [-0.15, -0.1) is 11.8 Å². The van der Waals surface area contributed by atoms with E-state index < -0.39 is 0 Å². The molecule has 0 unspecified atom stereocenters. The topological polar surface area (TPSA) is 46.1 Å². The van der Waals surface area contributed by atoms with Gasteiger partial charge in [-0.1, -0.05) is 43.0 Å². The number of rotatable bonds is 14. The number of pyridine rings is 1. The van der Waals surface area contributed by atoms with Crippen LogP contribution in [0.3, 0.4) is 0 Å². The van der Waals surface area contributed by atoms with Crippen molar-refractivity contribution in [2.75, 3.05) is 24.7 Å². The minimum atomic E-state index is 0.942. The number of thioether (sulfide) groups is 1. The average molecular weight is 487 g/mol. The molecular weight excluding hydrogens is 450 g/mol. The minimum Gasteiger partial charge on any atom is -0.385 e. The highest BCUT2D eigenvalue weighted by atomic mass is 32.2. The van der Waals surface area contributed by atoms with Crippen molar-refractivity contribution in [1.82, 2.24) is 9.55 Å². The van der Waals surface area contributed by atoms with Crippen molar-refractivity contribution in [3.8, 4) is 0 Å². The molecule has 0 aliphatic heterocycles. The van der Waals surface area contributed by atoms with Crippen molar-refractivity contribution in [1.29, 1.82) is 0 Å². The monoisotopic (exact) mass is 486 g/mol. The molecule has 3 rings (SSSR count). The predicted octanol–water partition coefficient (Wildman–Crippen LogP) is 6.13. The molecule has 5 nitrogen and oxygen atoms in total. The number of aliphatic imine (C=N–C) groups is 1. The number of hydrogen-bond donors (Lipinski definition) is 1. The Morgan fingerprint density at radius 2 is 1.86 bits per heavy atom. The molecule has 0 spiro atoms. The van der Waals surface area contributed by atoms with Crippen molar-refractivity contribution in [3.63, 3.8) is 0 Å². The Bertz CT molecular complexity index is 1080. The third kappa shape index (κ3) is 10.2. The van der Waals surface area contributed by atoms with Gasteiger partial charge in [-0.2, -0.15) is 0 Å². The van der Waals surface area contributed by atoms with Crippen LogP contribution in [0.5, 0.6) is 0 Å². The summed E-state index contributed by atoms with van der Waals surface area (Å²) in [5, 5.41) is 4.54. The molecule has 0 fully saturated rings. The van der Waals surface area contributed by atoms with E-state index in [4.69, 9.17) is 0 Å². The van der Waals surface area contributed by atoms with E-state index in [-0.39, 0.29) is 0 Å². The summed E-state index contributed by atoms with van der Waals surface area (Å²) in [7, 11) is 1.83. The van der Waals surface area contributed by atoms with E-state index in [2.05, 4.69) is 92.0 Å². The molecule has 1 N–H and O–H groups in total. The molecule has 0 aliphatic rings. The number of hydrogen-bond acceptors (Lipinski definition) is 4. The Morgan fingerprint density at radius 1 is 1.09 bits per heavy atom. The van der Waals surface area contributed by atoms with Gasteiger partial charge in [0.05, 0.1) is 11.4 Å². The molecule has 0 radical (unpaired) electrons. The Balaban J connectivity index is 1.35. The maximum Gasteiger partial charge on any atom is 0.169 e. The number of nitrogens with one attached hydrogen (secondary N) is 1. The normalized spacial score (nSPS) is 12.0. The van der Waals surface area contributed by atoms with Crippen molar-refractivity contribution < 1.29 is 4.57 Å². The summed E-state index contributed by atoms with van der Waals surface area (Å²) in [6.45, 7) is 6.65. The van der Waals surface area contributed by atoms with E-state index in [1.54, 1.807) is 17.8 Å². The fourth-order valence-electron chi connectivity index (χ4n) is 3.46. The summed E-state index contributed by atoms with van der Waals surface area (Å²) in [5.41, 5.74) is 3.55. The number of aryl methyl sites for hydroxylation is 2. The second kappa shape index (κ2) is 15.5. The zero-order valence-corrected chi connectivity index (χ0v) is 21.4. The average Bonchev–Trinajstić information content (AvgIpc) is 3.42. The SMILES string of the molecule is C=C/C=C\C(=NC)SCCCC[n+]1ccc(/C=C/c2ccc(NCCCn3ccnc3)cc2)cc1. The van der Waals surface area contributed by atoms with Gasteiger partial charge >= 0.3 is 0 Å². The van der Waals surface area contributed by atoms with Crippen LogP contribution in [-0.4, -0.2) is 33.9 Å². The first-order valence-electron chi connectivity index (χ1n) is 12.1. The third-order valence-electron chi connectivity index (χ3n) is 5.43. The van der Waals surface area contributed by atoms with Gasteiger partial charge in [0.15, 0.2) is 12.4 Å². The van der Waals surface area contributed by atoms with Crippen molar-refractivity contribution >= 4 is 34.6 Å². The summed E-state index contributed by atoms with van der Waals surface area (Å²) < 4.78 is 4.35. The summed E-state index contributed by atoms with van der Waals surface area (Å²) in [5.74, 6) is 1.08. The number of imidazole rings is 1. The summed E-state index contributed by atoms with van der Waals surface area (Å²) >= 11 is 1.80. The van der Waals surface area contributed by atoms with Gasteiger partial charge in [-0.3, -0.25) is 4.99 Å². The zero-order valence-electron chi connectivity index (χ0n) is 20.6. The molecule has 0 amide bonds. The van der Waals surface area contributed by atoms with Crippen molar-refractivity contribution in [2.24, 2.45) is 4.99 Å². The second-order valence-corrected chi connectivity index (χ2v) is 9.23. The molecule has 35 heavy (non-hydrogen) atoms. The molecule has 0 bridgehead atoms. The van der Waals surface area contributed by atoms with Crippen LogP contribution < -0.4 is 9.88 Å². The Hall–Kier alpha value is -3.38. The zero-order chi connectivity index (χ0) is 24.6. The summed E-state index contributed by atoms with van der Waals surface area (Å²) in [6.07, 6.45) is 23.4. The van der Waals surface area contributed by atoms with Crippen molar-refractivity contribution in [3.05, 3.63) is 103 Å². The lowest BCUT2D eigenvalue weighted by Crippen LogP contribution is -2.32. The number of anilines is 1. The first-order chi connectivity index (χ1) is 17.3. The summed E-state index contributed by atoms with van der Waals surface area (Å²) in [6, 6.07) is 12.9. The van der Waals surface area contributed by atoms with Gasteiger partial charge in [0.25, 0.3) is 0 Å². The van der Waals surface area contributed by atoms with Gasteiger partial charge in [0.2, 0.25) is 0 Å². The van der Waals surface area contributed by atoms with Crippen LogP contribution in [0.15, 0.2) is 97.3 Å². The number of allylic oxidation sites excluding steroid dienone is 2. The number of unbranched alkanes of at least 4 members (excludes halogenated alkanes) is 1. The molecule has 0 saturated carbocycles. The molecule has 0 aliphatic carbocycles. The van der Waals surface area contributed by atoms with Crippen molar-refractivity contribution in [2.45, 2.75) is 32.4 Å². The first kappa shape index (κ1) is 26.2. The molecule has 6 heteroatoms. The molecule has 1 aromatic carbocycles. The van der Waals surface area contributed by atoms with Gasteiger partial charge < -0.3 is 9.88 Å². The highest BCUT2D eigenvalue weighted by Crippen LogP contribution is 2.13. The van der Waals surface area contributed by atoms with E-state index in [0.717, 1.165) is 55.4 Å². The fraction of sp³-hybridized carbons (Fsp3) is 0.276. The van der Waals surface area contributed by atoms with E-state index in [9.17, 15) is 0 Å². The standard InChI is InChI=1S/C29H35N5S/c1-3-4-8-29(30-2)35-24-6-5-19-33-21-15-27(16-22-33)10-9-26-11-13-28(14-12-26)32-17-7-20-34-23-18-31-25-34/h3-4,8-16,18,21-23,25H,1,5-7,17,19-20,24H2,2H3/p+1/b8-4-,30-29?. The molecule has 0 atom stereocenters. The minimum absolute atomic E-state index is 0.942. The number of nitrogens with zero attached hydrogens (tertiary/aromatic N) is 4. The van der Waals surface area contributed by atoms with E-state index >= 15 is 0 Å². The first-order valence-corrected chi connectivity index (χ1v) is 13.1. The molecule has 3 aromatic rings. The quantitative estimate of drug-likeness (QED) is 0.0981. The van der Waals surface area contributed by atoms with Gasteiger partial charge in [-0.05, 0) is 47.9 Å². The highest BCUT2D eigenvalue weighted by molar-refractivity contribution is 8.14. The Kier molecular flexibility index (Phi) is 11.6. The predicted molar refractivity (Wildman–Crippen MR) is 152 cm³/mol. The third-order valence-corrected chi connectivity index (χ3v) is 6.54. The van der Waals surface area contributed by atoms with Crippen LogP contribution in [0.1, 0.15) is 30.4 Å². The molecule has 2 aromatic heterocycles. The van der Waals surface area contributed by atoms with Crippen LogP contribution in [0, 0.1) is 0 Å². The smallest absolute Gasteiger partial charge is 0.169 e. The van der Waals surface area contributed by atoms with E-state index in [1.165, 1.54) is 11.1 Å².